The molecule has 1 fully saturated rings. The fraction of sp³-hybridized carbons (Fsp3) is 1.00. The van der Waals surface area contributed by atoms with Gasteiger partial charge in [-0.3, -0.25) is 0 Å². The molecule has 0 aromatic carbocycles. The van der Waals surface area contributed by atoms with Gasteiger partial charge in [-0.2, -0.15) is 0 Å². The van der Waals surface area contributed by atoms with Crippen LogP contribution in [0.15, 0.2) is 0 Å². The van der Waals surface area contributed by atoms with Crippen molar-refractivity contribution < 1.29 is 0 Å². The van der Waals surface area contributed by atoms with Crippen LogP contribution in [0.3, 0.4) is 0 Å². The number of hydrogen-bond acceptors (Lipinski definition) is 0. The van der Waals surface area contributed by atoms with Crippen LogP contribution in [-0.2, 0) is 0 Å². The molecular weight excluding hydrogens is 132 g/mol. The van der Waals surface area contributed by atoms with Crippen molar-refractivity contribution in [3.05, 3.63) is 0 Å². The van der Waals surface area contributed by atoms with Crippen LogP contribution in [0.25, 0.3) is 0 Å². The summed E-state index contributed by atoms with van der Waals surface area (Å²) in [5.41, 5.74) is 0. The highest BCUT2D eigenvalue weighted by molar-refractivity contribution is 4.91. The quantitative estimate of drug-likeness (QED) is 0.579. The molecule has 0 spiro atoms. The molecule has 3 atom stereocenters. The van der Waals surface area contributed by atoms with Crippen molar-refractivity contribution in [3.63, 3.8) is 0 Å². The molecule has 66 valence electrons. The van der Waals surface area contributed by atoms with Crippen LogP contribution in [0.5, 0.6) is 0 Å². The van der Waals surface area contributed by atoms with Crippen molar-refractivity contribution in [3.8, 4) is 0 Å². The van der Waals surface area contributed by atoms with E-state index >= 15 is 0 Å². The lowest BCUT2D eigenvalue weighted by Crippen LogP contribution is -1.96. The minimum atomic E-state index is 0.970. The largest absolute Gasteiger partial charge is 0.0654 e. The van der Waals surface area contributed by atoms with Crippen molar-refractivity contribution in [2.45, 2.75) is 47.0 Å². The fourth-order valence-electron chi connectivity index (χ4n) is 2.27. The maximum Gasteiger partial charge on any atom is -0.0355 e. The van der Waals surface area contributed by atoms with Crippen molar-refractivity contribution in [2.24, 2.45) is 23.7 Å². The summed E-state index contributed by atoms with van der Waals surface area (Å²) in [5, 5.41) is 0. The van der Waals surface area contributed by atoms with Gasteiger partial charge in [0.25, 0.3) is 0 Å². The molecule has 0 amide bonds. The molecule has 11 heavy (non-hydrogen) atoms. The van der Waals surface area contributed by atoms with E-state index in [0.717, 1.165) is 23.7 Å². The van der Waals surface area contributed by atoms with Gasteiger partial charge in [0, 0.05) is 0 Å². The van der Waals surface area contributed by atoms with Crippen molar-refractivity contribution in [1.29, 1.82) is 0 Å². The Hall–Kier alpha value is 0. The SMILES string of the molecule is CCCC(C)CC1C(C)C1C. The van der Waals surface area contributed by atoms with Crippen LogP contribution >= 0.6 is 0 Å². The highest BCUT2D eigenvalue weighted by Crippen LogP contribution is 2.49. The van der Waals surface area contributed by atoms with E-state index in [-0.39, 0.29) is 0 Å². The first-order valence-corrected chi connectivity index (χ1v) is 5.16. The highest BCUT2D eigenvalue weighted by Gasteiger charge is 2.42. The Labute approximate surface area is 71.4 Å². The van der Waals surface area contributed by atoms with Crippen molar-refractivity contribution in [1.82, 2.24) is 0 Å². The van der Waals surface area contributed by atoms with E-state index in [1.807, 2.05) is 0 Å². The average Bonchev–Trinajstić information content (AvgIpc) is 2.46. The normalized spacial score (nSPS) is 38.7. The zero-order valence-electron chi connectivity index (χ0n) is 8.43. The van der Waals surface area contributed by atoms with E-state index in [1.54, 1.807) is 0 Å². The molecule has 3 unspecified atom stereocenters. The molecule has 0 bridgehead atoms. The van der Waals surface area contributed by atoms with E-state index in [9.17, 15) is 0 Å². The van der Waals surface area contributed by atoms with E-state index < -0.39 is 0 Å². The highest BCUT2D eigenvalue weighted by atomic mass is 14.5. The van der Waals surface area contributed by atoms with Crippen LogP contribution in [0, 0.1) is 23.7 Å². The van der Waals surface area contributed by atoms with Crippen LogP contribution in [-0.4, -0.2) is 0 Å². The third-order valence-electron chi connectivity index (χ3n) is 3.50. The summed E-state index contributed by atoms with van der Waals surface area (Å²) in [6, 6.07) is 0. The minimum absolute atomic E-state index is 0.970. The number of rotatable bonds is 4. The Morgan fingerprint density at radius 2 is 1.73 bits per heavy atom. The maximum absolute atomic E-state index is 2.40. The Kier molecular flexibility index (Phi) is 2.98. The van der Waals surface area contributed by atoms with Crippen LogP contribution in [0.1, 0.15) is 47.0 Å². The maximum atomic E-state index is 2.40. The summed E-state index contributed by atoms with van der Waals surface area (Å²) in [7, 11) is 0. The van der Waals surface area contributed by atoms with Gasteiger partial charge in [0.1, 0.15) is 0 Å². The topological polar surface area (TPSA) is 0 Å². The van der Waals surface area contributed by atoms with Gasteiger partial charge in [0.15, 0.2) is 0 Å². The second-order valence-electron chi connectivity index (χ2n) is 4.51. The second kappa shape index (κ2) is 3.60. The fourth-order valence-corrected chi connectivity index (χ4v) is 2.27. The molecule has 1 rings (SSSR count). The lowest BCUT2D eigenvalue weighted by molar-refractivity contribution is 0.439. The predicted molar refractivity (Wildman–Crippen MR) is 50.5 cm³/mol. The van der Waals surface area contributed by atoms with Gasteiger partial charge in [0.05, 0.1) is 0 Å². The molecule has 0 heterocycles. The summed E-state index contributed by atoms with van der Waals surface area (Å²) < 4.78 is 0. The number of hydrogen-bond donors (Lipinski definition) is 0. The van der Waals surface area contributed by atoms with Gasteiger partial charge in [-0.1, -0.05) is 40.5 Å². The van der Waals surface area contributed by atoms with E-state index in [4.69, 9.17) is 0 Å². The molecular formula is C11H22. The summed E-state index contributed by atoms with van der Waals surface area (Å²) in [6.45, 7) is 9.49. The van der Waals surface area contributed by atoms with Gasteiger partial charge in [-0.25, -0.2) is 0 Å². The molecule has 0 aromatic rings. The summed E-state index contributed by atoms with van der Waals surface area (Å²) in [5.74, 6) is 4.08. The van der Waals surface area contributed by atoms with Gasteiger partial charge in [0.2, 0.25) is 0 Å². The van der Waals surface area contributed by atoms with Crippen molar-refractivity contribution in [2.75, 3.05) is 0 Å². The first-order valence-electron chi connectivity index (χ1n) is 5.16. The van der Waals surface area contributed by atoms with E-state index in [2.05, 4.69) is 27.7 Å². The van der Waals surface area contributed by atoms with Crippen LogP contribution < -0.4 is 0 Å². The molecule has 1 aliphatic rings. The molecule has 0 radical (unpaired) electrons. The Bertz CT molecular complexity index is 109. The molecule has 0 aliphatic heterocycles. The summed E-state index contributed by atoms with van der Waals surface area (Å²) in [4.78, 5) is 0. The first kappa shape index (κ1) is 9.09. The molecule has 1 saturated carbocycles. The molecule has 0 heteroatoms. The van der Waals surface area contributed by atoms with Gasteiger partial charge >= 0.3 is 0 Å². The van der Waals surface area contributed by atoms with E-state index in [0.29, 0.717) is 0 Å². The molecule has 0 saturated heterocycles. The Balaban J connectivity index is 2.12. The van der Waals surface area contributed by atoms with Gasteiger partial charge < -0.3 is 0 Å². The summed E-state index contributed by atoms with van der Waals surface area (Å²) in [6.07, 6.45) is 4.27. The lowest BCUT2D eigenvalue weighted by Gasteiger charge is -2.08. The second-order valence-corrected chi connectivity index (χ2v) is 4.51. The zero-order valence-corrected chi connectivity index (χ0v) is 8.43. The monoisotopic (exact) mass is 154 g/mol. The van der Waals surface area contributed by atoms with E-state index in [1.165, 1.54) is 19.3 Å². The molecule has 0 nitrogen and oxygen atoms in total. The van der Waals surface area contributed by atoms with Gasteiger partial charge in [-0.15, -0.1) is 0 Å². The first-order chi connectivity index (χ1) is 5.16. The Morgan fingerprint density at radius 1 is 1.18 bits per heavy atom. The lowest BCUT2D eigenvalue weighted by atomic mass is 9.98. The minimum Gasteiger partial charge on any atom is -0.0654 e. The summed E-state index contributed by atoms with van der Waals surface area (Å²) >= 11 is 0. The predicted octanol–water partition coefficient (Wildman–Crippen LogP) is 3.71. The smallest absolute Gasteiger partial charge is 0.0355 e. The van der Waals surface area contributed by atoms with Gasteiger partial charge in [-0.05, 0) is 30.1 Å². The van der Waals surface area contributed by atoms with Crippen LogP contribution in [0.4, 0.5) is 0 Å². The third-order valence-corrected chi connectivity index (χ3v) is 3.50. The Morgan fingerprint density at radius 3 is 2.09 bits per heavy atom. The standard InChI is InChI=1S/C11H22/c1-5-6-8(2)7-11-9(3)10(11)4/h8-11H,5-7H2,1-4H3. The average molecular weight is 154 g/mol. The zero-order chi connectivity index (χ0) is 8.43. The van der Waals surface area contributed by atoms with Crippen LogP contribution in [0.2, 0.25) is 0 Å². The molecule has 1 aliphatic carbocycles. The van der Waals surface area contributed by atoms with Crippen molar-refractivity contribution >= 4 is 0 Å². The molecule has 0 N–H and O–H groups in total. The third kappa shape index (κ3) is 2.21. The molecule has 0 aromatic heterocycles.